The molecule has 6 nitrogen and oxygen atoms in total. The highest BCUT2D eigenvalue weighted by Crippen LogP contribution is 2.23. The highest BCUT2D eigenvalue weighted by Gasteiger charge is 2.15. The minimum atomic E-state index is -0.636. The molecular weight excluding hydrogens is 376 g/mol. The van der Waals surface area contributed by atoms with Crippen LogP contribution < -0.4 is 10.9 Å². The average molecular weight is 395 g/mol. The van der Waals surface area contributed by atoms with Crippen molar-refractivity contribution in [1.29, 1.82) is 0 Å². The van der Waals surface area contributed by atoms with Gasteiger partial charge in [0.25, 0.3) is 11.8 Å². The molecule has 26 heavy (non-hydrogen) atoms. The summed E-state index contributed by atoms with van der Waals surface area (Å²) in [6.45, 7) is 3.53. The van der Waals surface area contributed by atoms with E-state index in [9.17, 15) is 14.4 Å². The van der Waals surface area contributed by atoms with E-state index in [0.29, 0.717) is 15.5 Å². The Morgan fingerprint density at radius 2 is 1.85 bits per heavy atom. The molecule has 138 valence electrons. The molecule has 0 saturated carbocycles. The third kappa shape index (κ3) is 5.57. The molecule has 0 spiro atoms. The van der Waals surface area contributed by atoms with Gasteiger partial charge in [0.2, 0.25) is 0 Å². The Balaban J connectivity index is 1.79. The number of thiophene rings is 1. The Labute approximate surface area is 160 Å². The third-order valence-corrected chi connectivity index (χ3v) is 4.82. The molecule has 0 unspecified atom stereocenters. The van der Waals surface area contributed by atoms with E-state index in [0.717, 1.165) is 23.3 Å². The summed E-state index contributed by atoms with van der Waals surface area (Å²) in [7, 11) is 0. The van der Waals surface area contributed by atoms with E-state index in [4.69, 9.17) is 16.3 Å². The van der Waals surface area contributed by atoms with Crippen molar-refractivity contribution in [3.05, 3.63) is 56.2 Å². The highest BCUT2D eigenvalue weighted by molar-refractivity contribution is 7.14. The number of esters is 1. The zero-order valence-electron chi connectivity index (χ0n) is 14.4. The average Bonchev–Trinajstić information content (AvgIpc) is 2.99. The van der Waals surface area contributed by atoms with E-state index in [2.05, 4.69) is 17.8 Å². The number of ether oxygens (including phenoxy) is 1. The van der Waals surface area contributed by atoms with Gasteiger partial charge in [0, 0.05) is 15.5 Å². The summed E-state index contributed by atoms with van der Waals surface area (Å²) in [4.78, 5) is 37.1. The van der Waals surface area contributed by atoms with Crippen LogP contribution in [0.1, 0.15) is 43.8 Å². The maximum atomic E-state index is 12.0. The van der Waals surface area contributed by atoms with Crippen LogP contribution in [0.3, 0.4) is 0 Å². The first kappa shape index (κ1) is 19.9. The van der Waals surface area contributed by atoms with E-state index >= 15 is 0 Å². The molecule has 2 amide bonds. The van der Waals surface area contributed by atoms with Gasteiger partial charge >= 0.3 is 5.97 Å². The van der Waals surface area contributed by atoms with Crippen molar-refractivity contribution in [3.63, 3.8) is 0 Å². The molecule has 0 bridgehead atoms. The normalized spacial score (nSPS) is 10.3. The summed E-state index contributed by atoms with van der Waals surface area (Å²) in [5, 5.41) is 0.503. The van der Waals surface area contributed by atoms with Crippen LogP contribution in [0.15, 0.2) is 30.3 Å². The van der Waals surface area contributed by atoms with Crippen molar-refractivity contribution in [2.24, 2.45) is 0 Å². The lowest BCUT2D eigenvalue weighted by Gasteiger charge is -2.07. The predicted octanol–water partition coefficient (Wildman–Crippen LogP) is 3.28. The molecule has 1 heterocycles. The fourth-order valence-corrected chi connectivity index (χ4v) is 3.27. The Morgan fingerprint density at radius 3 is 2.50 bits per heavy atom. The van der Waals surface area contributed by atoms with E-state index in [1.807, 2.05) is 6.92 Å². The first-order valence-electron chi connectivity index (χ1n) is 8.02. The number of rotatable bonds is 6. The lowest BCUT2D eigenvalue weighted by Crippen LogP contribution is -2.43. The Hall–Kier alpha value is -2.38. The van der Waals surface area contributed by atoms with Crippen LogP contribution in [0.5, 0.6) is 0 Å². The minimum absolute atomic E-state index is 0.337. The number of hydrogen-bond acceptors (Lipinski definition) is 5. The van der Waals surface area contributed by atoms with Crippen LogP contribution >= 0.6 is 22.9 Å². The molecule has 0 aliphatic carbocycles. The smallest absolute Gasteiger partial charge is 0.348 e. The number of benzene rings is 1. The van der Waals surface area contributed by atoms with Gasteiger partial charge in [-0.25, -0.2) is 4.79 Å². The molecule has 1 aromatic heterocycles. The summed E-state index contributed by atoms with van der Waals surface area (Å²) >= 11 is 7.09. The number of halogens is 1. The first-order valence-corrected chi connectivity index (χ1v) is 9.21. The van der Waals surface area contributed by atoms with Gasteiger partial charge in [-0.15, -0.1) is 11.3 Å². The fourth-order valence-electron chi connectivity index (χ4n) is 2.18. The van der Waals surface area contributed by atoms with E-state index in [-0.39, 0.29) is 0 Å². The third-order valence-electron chi connectivity index (χ3n) is 3.50. The fraction of sp³-hybridized carbons (Fsp3) is 0.278. The summed E-state index contributed by atoms with van der Waals surface area (Å²) in [6.07, 6.45) is 1.88. The van der Waals surface area contributed by atoms with Crippen molar-refractivity contribution < 1.29 is 19.1 Å². The summed E-state index contributed by atoms with van der Waals surface area (Å²) < 4.78 is 4.98. The Kier molecular flexibility index (Phi) is 7.17. The largest absolute Gasteiger partial charge is 0.451 e. The van der Waals surface area contributed by atoms with Gasteiger partial charge in [0.1, 0.15) is 4.88 Å². The monoisotopic (exact) mass is 394 g/mol. The van der Waals surface area contributed by atoms with E-state index in [1.165, 1.54) is 23.5 Å². The molecule has 2 aromatic rings. The molecule has 1 aromatic carbocycles. The van der Waals surface area contributed by atoms with Crippen molar-refractivity contribution in [2.75, 3.05) is 6.61 Å². The van der Waals surface area contributed by atoms with Crippen molar-refractivity contribution in [1.82, 2.24) is 10.9 Å². The van der Waals surface area contributed by atoms with Crippen LogP contribution in [0.25, 0.3) is 0 Å². The number of nitrogens with one attached hydrogen (secondary N) is 2. The molecule has 0 radical (unpaired) electrons. The molecule has 0 fully saturated rings. The molecule has 8 heteroatoms. The van der Waals surface area contributed by atoms with Gasteiger partial charge in [0.15, 0.2) is 6.61 Å². The lowest BCUT2D eigenvalue weighted by molar-refractivity contribution is -0.125. The molecule has 0 saturated heterocycles. The highest BCUT2D eigenvalue weighted by atomic mass is 35.5. The van der Waals surface area contributed by atoms with Crippen LogP contribution in [-0.4, -0.2) is 24.4 Å². The minimum Gasteiger partial charge on any atom is -0.451 e. The second-order valence-corrected chi connectivity index (χ2v) is 7.22. The van der Waals surface area contributed by atoms with Gasteiger partial charge in [-0.3, -0.25) is 20.4 Å². The predicted molar refractivity (Wildman–Crippen MR) is 100 cm³/mol. The Bertz CT molecular complexity index is 802. The standard InChI is InChI=1S/C18H19ClN2O4S/c1-3-4-13-9-15(26-11(13)2)18(24)25-10-16(22)20-21-17(23)12-5-7-14(19)8-6-12/h5-9H,3-4,10H2,1-2H3,(H,20,22)(H,21,23). The van der Waals surface area contributed by atoms with Crippen LogP contribution in [0, 0.1) is 6.92 Å². The topological polar surface area (TPSA) is 84.5 Å². The van der Waals surface area contributed by atoms with Crippen molar-refractivity contribution >= 4 is 40.7 Å². The molecule has 2 rings (SSSR count). The van der Waals surface area contributed by atoms with Gasteiger partial charge in [-0.05, 0) is 49.2 Å². The SMILES string of the molecule is CCCc1cc(C(=O)OCC(=O)NNC(=O)c2ccc(Cl)cc2)sc1C. The maximum absolute atomic E-state index is 12.0. The first-order chi connectivity index (χ1) is 12.4. The number of carbonyl (C=O) groups excluding carboxylic acids is 3. The molecule has 2 N–H and O–H groups in total. The molecular formula is C18H19ClN2O4S. The second kappa shape index (κ2) is 9.35. The lowest BCUT2D eigenvalue weighted by atomic mass is 10.1. The van der Waals surface area contributed by atoms with Crippen LogP contribution in [0.4, 0.5) is 0 Å². The zero-order chi connectivity index (χ0) is 19.1. The summed E-state index contributed by atoms with van der Waals surface area (Å²) in [5.41, 5.74) is 5.89. The molecule has 0 aliphatic heterocycles. The van der Waals surface area contributed by atoms with Crippen molar-refractivity contribution in [3.8, 4) is 0 Å². The second-order valence-electron chi connectivity index (χ2n) is 5.53. The number of amides is 2. The van der Waals surface area contributed by atoms with E-state index in [1.54, 1.807) is 18.2 Å². The van der Waals surface area contributed by atoms with Gasteiger partial charge in [0.05, 0.1) is 0 Å². The zero-order valence-corrected chi connectivity index (χ0v) is 16.0. The van der Waals surface area contributed by atoms with Crippen molar-refractivity contribution in [2.45, 2.75) is 26.7 Å². The maximum Gasteiger partial charge on any atom is 0.348 e. The van der Waals surface area contributed by atoms with E-state index < -0.39 is 24.4 Å². The summed E-state index contributed by atoms with van der Waals surface area (Å²) in [5.74, 6) is -1.69. The van der Waals surface area contributed by atoms with Gasteiger partial charge in [-0.2, -0.15) is 0 Å². The summed E-state index contributed by atoms with van der Waals surface area (Å²) in [6, 6.07) is 7.98. The van der Waals surface area contributed by atoms with Crippen LogP contribution in [0.2, 0.25) is 5.02 Å². The van der Waals surface area contributed by atoms with Crippen LogP contribution in [-0.2, 0) is 16.0 Å². The van der Waals surface area contributed by atoms with Gasteiger partial charge < -0.3 is 4.74 Å². The number of hydrogen-bond donors (Lipinski definition) is 2. The number of carbonyl (C=O) groups is 3. The van der Waals surface area contributed by atoms with Gasteiger partial charge in [-0.1, -0.05) is 24.9 Å². The molecule has 0 aliphatic rings. The number of hydrazine groups is 1. The molecule has 0 atom stereocenters. The number of aryl methyl sites for hydroxylation is 2. The quantitative estimate of drug-likeness (QED) is 0.581. The Morgan fingerprint density at radius 1 is 1.15 bits per heavy atom.